The van der Waals surface area contributed by atoms with Crippen molar-refractivity contribution in [3.05, 3.63) is 64.7 Å². The molecule has 0 heterocycles. The number of anilines is 1. The van der Waals surface area contributed by atoms with Crippen molar-refractivity contribution in [2.75, 3.05) is 17.1 Å². The van der Waals surface area contributed by atoms with Gasteiger partial charge < -0.3 is 10.2 Å². The zero-order valence-corrected chi connectivity index (χ0v) is 24.3. The minimum absolute atomic E-state index is 0.0244. The van der Waals surface area contributed by atoms with Crippen molar-refractivity contribution in [3.63, 3.8) is 0 Å². The Balaban J connectivity index is 2.27. The summed E-state index contributed by atoms with van der Waals surface area (Å²) in [5, 5.41) is 3.42. The summed E-state index contributed by atoms with van der Waals surface area (Å²) in [4.78, 5) is 28.0. The number of carbonyl (C=O) groups excluding carboxylic acids is 2. The van der Waals surface area contributed by atoms with E-state index < -0.39 is 39.3 Å². The third kappa shape index (κ3) is 10.0. The molecule has 0 bridgehead atoms. The number of nitrogens with one attached hydrogen (secondary N) is 1. The molecule has 0 spiro atoms. The monoisotopic (exact) mass is 589 g/mol. The molecule has 1 N–H and O–H groups in total. The van der Waals surface area contributed by atoms with E-state index in [-0.39, 0.29) is 37.5 Å². The van der Waals surface area contributed by atoms with Gasteiger partial charge in [-0.15, -0.1) is 0 Å². The van der Waals surface area contributed by atoms with Crippen molar-refractivity contribution in [2.45, 2.75) is 71.3 Å². The van der Waals surface area contributed by atoms with E-state index in [4.69, 9.17) is 11.6 Å². The third-order valence-electron chi connectivity index (χ3n) is 5.76. The first-order valence-electron chi connectivity index (χ1n) is 12.4. The van der Waals surface area contributed by atoms with Crippen LogP contribution in [0.2, 0.25) is 5.02 Å². The number of amides is 2. The number of hydrogen-bond donors (Lipinski definition) is 1. The second kappa shape index (κ2) is 13.0. The zero-order chi connectivity index (χ0) is 29.6. The number of halogens is 4. The molecule has 0 aliphatic heterocycles. The Hall–Kier alpha value is -2.79. The Morgan fingerprint density at radius 1 is 1.05 bits per heavy atom. The smallest absolute Gasteiger partial charge is 0.350 e. The van der Waals surface area contributed by atoms with Crippen LogP contribution in [0.15, 0.2) is 48.5 Å². The maximum Gasteiger partial charge on any atom is 0.416 e. The second-order valence-corrected chi connectivity index (χ2v) is 12.6. The fraction of sp³-hybridized carbons (Fsp3) is 0.481. The first kappa shape index (κ1) is 32.4. The van der Waals surface area contributed by atoms with Gasteiger partial charge in [-0.25, -0.2) is 8.42 Å². The van der Waals surface area contributed by atoms with Crippen LogP contribution in [-0.2, 0) is 32.3 Å². The Kier molecular flexibility index (Phi) is 10.8. The molecule has 0 aromatic heterocycles. The number of nitrogens with zero attached hydrogens (tertiary/aromatic N) is 2. The van der Waals surface area contributed by atoms with Gasteiger partial charge in [0.25, 0.3) is 0 Å². The highest BCUT2D eigenvalue weighted by atomic mass is 35.5. The SMILES string of the molecule is CC[C@@H](C(=O)NC(C)(C)C)N(Cc1ccc(Cl)cc1)C(=O)CCCN(c1cccc(C(F)(F)F)c1)S(C)(=O)=O. The summed E-state index contributed by atoms with van der Waals surface area (Å²) in [5.41, 5.74) is -0.903. The molecule has 1 atom stereocenters. The molecule has 0 aliphatic carbocycles. The lowest BCUT2D eigenvalue weighted by atomic mass is 10.0. The van der Waals surface area contributed by atoms with Crippen LogP contribution in [0.25, 0.3) is 0 Å². The highest BCUT2D eigenvalue weighted by molar-refractivity contribution is 7.92. The van der Waals surface area contributed by atoms with Crippen LogP contribution in [0.5, 0.6) is 0 Å². The molecular formula is C27H35ClF3N3O4S. The van der Waals surface area contributed by atoms with Crippen molar-refractivity contribution in [2.24, 2.45) is 0 Å². The zero-order valence-electron chi connectivity index (χ0n) is 22.7. The van der Waals surface area contributed by atoms with E-state index in [2.05, 4.69) is 5.32 Å². The molecule has 2 aromatic carbocycles. The number of rotatable bonds is 11. The van der Waals surface area contributed by atoms with Gasteiger partial charge in [0.05, 0.1) is 17.5 Å². The maximum atomic E-state index is 13.4. The molecule has 2 aromatic rings. The molecule has 2 amide bonds. The summed E-state index contributed by atoms with van der Waals surface area (Å²) < 4.78 is 65.3. The predicted molar refractivity (Wildman–Crippen MR) is 147 cm³/mol. The molecule has 0 aliphatic rings. The first-order valence-corrected chi connectivity index (χ1v) is 14.7. The Morgan fingerprint density at radius 3 is 2.18 bits per heavy atom. The lowest BCUT2D eigenvalue weighted by Crippen LogP contribution is -2.53. The van der Waals surface area contributed by atoms with Gasteiger partial charge in [-0.3, -0.25) is 13.9 Å². The lowest BCUT2D eigenvalue weighted by molar-refractivity contribution is -0.142. The molecule has 2 rings (SSSR count). The van der Waals surface area contributed by atoms with Crippen LogP contribution in [0.4, 0.5) is 18.9 Å². The summed E-state index contributed by atoms with van der Waals surface area (Å²) in [5.74, 6) is -0.715. The van der Waals surface area contributed by atoms with Gasteiger partial charge in [-0.1, -0.05) is 36.7 Å². The number of hydrogen-bond acceptors (Lipinski definition) is 4. The van der Waals surface area contributed by atoms with Crippen molar-refractivity contribution in [1.29, 1.82) is 0 Å². The molecule has 0 radical (unpaired) electrons. The second-order valence-electron chi connectivity index (χ2n) is 10.3. The summed E-state index contributed by atoms with van der Waals surface area (Å²) in [6.07, 6.45) is -3.51. The predicted octanol–water partition coefficient (Wildman–Crippen LogP) is 5.63. The highest BCUT2D eigenvalue weighted by Gasteiger charge is 2.32. The Labute approximate surface area is 233 Å². The topological polar surface area (TPSA) is 86.8 Å². The number of sulfonamides is 1. The van der Waals surface area contributed by atoms with Crippen LogP contribution in [0.1, 0.15) is 58.1 Å². The number of carbonyl (C=O) groups is 2. The molecule has 216 valence electrons. The van der Waals surface area contributed by atoms with Gasteiger partial charge in [-0.05, 0) is 69.5 Å². The van der Waals surface area contributed by atoms with Crippen molar-refractivity contribution < 1.29 is 31.2 Å². The van der Waals surface area contributed by atoms with Gasteiger partial charge >= 0.3 is 6.18 Å². The molecule has 0 saturated carbocycles. The molecule has 7 nitrogen and oxygen atoms in total. The number of alkyl halides is 3. The maximum absolute atomic E-state index is 13.4. The Morgan fingerprint density at radius 2 is 1.67 bits per heavy atom. The highest BCUT2D eigenvalue weighted by Crippen LogP contribution is 2.32. The first-order chi connectivity index (χ1) is 17.9. The molecular weight excluding hydrogens is 555 g/mol. The van der Waals surface area contributed by atoms with Crippen molar-refractivity contribution in [3.8, 4) is 0 Å². The molecule has 0 saturated heterocycles. The summed E-state index contributed by atoms with van der Waals surface area (Å²) in [6.45, 7) is 7.18. The lowest BCUT2D eigenvalue weighted by Gasteiger charge is -2.33. The van der Waals surface area contributed by atoms with Gasteiger partial charge in [0.1, 0.15) is 6.04 Å². The quantitative estimate of drug-likeness (QED) is 0.368. The van der Waals surface area contributed by atoms with Crippen LogP contribution >= 0.6 is 11.6 Å². The van der Waals surface area contributed by atoms with E-state index in [1.54, 1.807) is 31.2 Å². The molecule has 39 heavy (non-hydrogen) atoms. The normalized spacial score (nSPS) is 13.1. The average Bonchev–Trinajstić information content (AvgIpc) is 2.80. The van der Waals surface area contributed by atoms with Gasteiger partial charge in [0.15, 0.2) is 0 Å². The van der Waals surface area contributed by atoms with E-state index in [1.165, 1.54) is 11.0 Å². The average molecular weight is 590 g/mol. The van der Waals surface area contributed by atoms with E-state index in [0.717, 1.165) is 34.3 Å². The Bertz CT molecular complexity index is 1250. The van der Waals surface area contributed by atoms with Crippen LogP contribution in [-0.4, -0.2) is 49.5 Å². The van der Waals surface area contributed by atoms with Crippen LogP contribution in [0.3, 0.4) is 0 Å². The summed E-state index contributed by atoms with van der Waals surface area (Å²) >= 11 is 5.98. The van der Waals surface area contributed by atoms with E-state index in [9.17, 15) is 31.2 Å². The van der Waals surface area contributed by atoms with Crippen LogP contribution in [0, 0.1) is 0 Å². The summed E-state index contributed by atoms with van der Waals surface area (Å²) in [7, 11) is -3.94. The molecule has 0 fully saturated rings. The van der Waals surface area contributed by atoms with Crippen molar-refractivity contribution in [1.82, 2.24) is 10.2 Å². The van der Waals surface area contributed by atoms with Crippen LogP contribution < -0.4 is 9.62 Å². The fourth-order valence-corrected chi connectivity index (χ4v) is 5.08. The standard InChI is InChI=1S/C27H35ClF3N3O4S/c1-6-23(25(36)32-26(2,3)4)33(18-19-12-14-21(28)15-13-19)24(35)11-8-16-34(39(5,37)38)22-10-7-9-20(17-22)27(29,30)31/h7,9-10,12-15,17,23H,6,8,11,16,18H2,1-5H3,(H,32,36)/t23-/m0/s1. The van der Waals surface area contributed by atoms with Gasteiger partial charge in [-0.2, -0.15) is 13.2 Å². The van der Waals surface area contributed by atoms with Crippen molar-refractivity contribution >= 4 is 39.1 Å². The fourth-order valence-electron chi connectivity index (χ4n) is 4.00. The van der Waals surface area contributed by atoms with E-state index >= 15 is 0 Å². The van der Waals surface area contributed by atoms with Gasteiger partial charge in [0, 0.05) is 30.1 Å². The van der Waals surface area contributed by atoms with Gasteiger partial charge in [0.2, 0.25) is 21.8 Å². The third-order valence-corrected chi connectivity index (χ3v) is 7.21. The minimum Gasteiger partial charge on any atom is -0.350 e. The largest absolute Gasteiger partial charge is 0.416 e. The number of benzene rings is 2. The minimum atomic E-state index is -4.64. The molecule has 12 heteroatoms. The van der Waals surface area contributed by atoms with E-state index in [0.29, 0.717) is 11.4 Å². The molecule has 0 unspecified atom stereocenters. The van der Waals surface area contributed by atoms with E-state index in [1.807, 2.05) is 20.8 Å². The summed E-state index contributed by atoms with van der Waals surface area (Å²) in [6, 6.07) is 10.1.